The van der Waals surface area contributed by atoms with Crippen LogP contribution in [0.4, 0.5) is 11.6 Å². The fourth-order valence-electron chi connectivity index (χ4n) is 5.12. The Bertz CT molecular complexity index is 1720. The second-order valence-corrected chi connectivity index (χ2v) is 10.0. The first-order valence-corrected chi connectivity index (χ1v) is 13.1. The van der Waals surface area contributed by atoms with Crippen LogP contribution in [0, 0.1) is 11.8 Å². The topological polar surface area (TPSA) is 90.0 Å². The number of likely N-dealkylation sites (N-methyl/N-ethyl adjacent to an activating group) is 1. The van der Waals surface area contributed by atoms with Crippen LogP contribution in [0.3, 0.4) is 0 Å². The maximum absolute atomic E-state index is 4.83. The van der Waals surface area contributed by atoms with Gasteiger partial charge in [0.2, 0.25) is 5.95 Å². The minimum atomic E-state index is 0.532. The standard InChI is InChI=1S/C30H27N9/c1-37-12-14-38(15-13-37)26-6-4-22-19-39(20-24(22)17-26)30-32-11-9-28(35-30)29-31-10-8-25(34-29)5-2-21-3-7-27-23(16-21)18-33-36-27/h3-4,6-11,16-18H,12-15,19-20H2,1H3,(H,33,36). The summed E-state index contributed by atoms with van der Waals surface area (Å²) in [6.45, 7) is 5.89. The van der Waals surface area contributed by atoms with Gasteiger partial charge in [-0.3, -0.25) is 5.10 Å². The molecule has 9 heteroatoms. The number of nitrogens with zero attached hydrogens (tertiary/aromatic N) is 8. The molecule has 0 unspecified atom stereocenters. The van der Waals surface area contributed by atoms with E-state index >= 15 is 0 Å². The van der Waals surface area contributed by atoms with E-state index in [4.69, 9.17) is 4.98 Å². The van der Waals surface area contributed by atoms with Gasteiger partial charge in [-0.05, 0) is 66.6 Å². The SMILES string of the molecule is CN1CCN(c2ccc3c(c2)CN(c2nccc(-c4nccc(C#Cc5ccc6[nH]ncc6c5)n4)n2)C3)CC1. The fourth-order valence-corrected chi connectivity index (χ4v) is 5.12. The van der Waals surface area contributed by atoms with E-state index in [0.29, 0.717) is 23.2 Å². The van der Waals surface area contributed by atoms with Crippen LogP contribution in [-0.2, 0) is 13.1 Å². The lowest BCUT2D eigenvalue weighted by Crippen LogP contribution is -2.44. The smallest absolute Gasteiger partial charge is 0.226 e. The molecule has 2 aliphatic rings. The van der Waals surface area contributed by atoms with Crippen molar-refractivity contribution in [2.24, 2.45) is 0 Å². The number of hydrogen-bond donors (Lipinski definition) is 1. The number of aromatic nitrogens is 6. The number of anilines is 2. The van der Waals surface area contributed by atoms with Gasteiger partial charge in [0.25, 0.3) is 0 Å². The Balaban J connectivity index is 1.09. The average molecular weight is 514 g/mol. The van der Waals surface area contributed by atoms with E-state index in [0.717, 1.165) is 55.7 Å². The number of H-pyrrole nitrogens is 1. The van der Waals surface area contributed by atoms with Crippen LogP contribution < -0.4 is 9.80 Å². The zero-order valence-electron chi connectivity index (χ0n) is 21.7. The maximum atomic E-state index is 4.83. The fraction of sp³-hybridized carbons (Fsp3) is 0.233. The summed E-state index contributed by atoms with van der Waals surface area (Å²) in [6, 6.07) is 16.4. The number of nitrogens with one attached hydrogen (secondary N) is 1. The largest absolute Gasteiger partial charge is 0.369 e. The predicted molar refractivity (Wildman–Crippen MR) is 151 cm³/mol. The molecule has 0 aliphatic carbocycles. The van der Waals surface area contributed by atoms with Gasteiger partial charge in [0.1, 0.15) is 11.4 Å². The second-order valence-electron chi connectivity index (χ2n) is 10.0. The zero-order chi connectivity index (χ0) is 26.2. The lowest BCUT2D eigenvalue weighted by molar-refractivity contribution is 0.313. The molecule has 0 bridgehead atoms. The molecule has 0 atom stereocenters. The first-order valence-electron chi connectivity index (χ1n) is 13.1. The van der Waals surface area contributed by atoms with E-state index in [9.17, 15) is 0 Å². The molecular weight excluding hydrogens is 486 g/mol. The van der Waals surface area contributed by atoms with Gasteiger partial charge in [-0.25, -0.2) is 19.9 Å². The number of benzene rings is 2. The van der Waals surface area contributed by atoms with E-state index in [1.54, 1.807) is 18.6 Å². The molecule has 0 saturated carbocycles. The summed E-state index contributed by atoms with van der Waals surface area (Å²) in [5.74, 6) is 7.55. The van der Waals surface area contributed by atoms with Crippen LogP contribution in [0.5, 0.6) is 0 Å². The molecule has 39 heavy (non-hydrogen) atoms. The molecule has 3 aromatic heterocycles. The van der Waals surface area contributed by atoms with Crippen molar-refractivity contribution in [2.45, 2.75) is 13.1 Å². The molecule has 0 radical (unpaired) electrons. The molecule has 0 spiro atoms. The Morgan fingerprint density at radius 3 is 2.59 bits per heavy atom. The van der Waals surface area contributed by atoms with Gasteiger partial charge in [-0.1, -0.05) is 12.0 Å². The van der Waals surface area contributed by atoms with Crippen LogP contribution in [0.15, 0.2) is 67.1 Å². The van der Waals surface area contributed by atoms with E-state index < -0.39 is 0 Å². The number of piperazine rings is 1. The summed E-state index contributed by atoms with van der Waals surface area (Å²) < 4.78 is 0. The molecule has 7 rings (SSSR count). The van der Waals surface area contributed by atoms with Crippen molar-refractivity contribution in [3.05, 3.63) is 89.5 Å². The van der Waals surface area contributed by atoms with E-state index in [2.05, 4.69) is 76.9 Å². The van der Waals surface area contributed by atoms with Crippen molar-refractivity contribution in [1.82, 2.24) is 35.0 Å². The van der Waals surface area contributed by atoms with Crippen LogP contribution in [0.1, 0.15) is 22.4 Å². The molecular formula is C30H27N9. The monoisotopic (exact) mass is 513 g/mol. The quantitative estimate of drug-likeness (QED) is 0.367. The molecule has 1 fully saturated rings. The minimum absolute atomic E-state index is 0.532. The molecule has 5 aromatic rings. The van der Waals surface area contributed by atoms with Crippen LogP contribution >= 0.6 is 0 Å². The number of hydrogen-bond acceptors (Lipinski definition) is 8. The van der Waals surface area contributed by atoms with Gasteiger partial charge in [0.15, 0.2) is 5.82 Å². The third-order valence-corrected chi connectivity index (χ3v) is 7.37. The summed E-state index contributed by atoms with van der Waals surface area (Å²) in [5.41, 5.74) is 7.16. The molecule has 1 saturated heterocycles. The molecule has 1 N–H and O–H groups in total. The number of rotatable bonds is 3. The Hall–Kier alpha value is -4.81. The van der Waals surface area contributed by atoms with Crippen molar-refractivity contribution in [3.63, 3.8) is 0 Å². The summed E-state index contributed by atoms with van der Waals surface area (Å²) >= 11 is 0. The zero-order valence-corrected chi connectivity index (χ0v) is 21.7. The molecule has 2 aliphatic heterocycles. The van der Waals surface area contributed by atoms with E-state index in [1.807, 2.05) is 30.3 Å². The summed E-state index contributed by atoms with van der Waals surface area (Å²) in [7, 11) is 2.18. The Morgan fingerprint density at radius 2 is 1.67 bits per heavy atom. The highest BCUT2D eigenvalue weighted by Gasteiger charge is 2.23. The maximum Gasteiger partial charge on any atom is 0.226 e. The molecule has 192 valence electrons. The van der Waals surface area contributed by atoms with Gasteiger partial charge in [-0.15, -0.1) is 0 Å². The number of fused-ring (bicyclic) bond motifs is 2. The van der Waals surface area contributed by atoms with Crippen LogP contribution in [0.2, 0.25) is 0 Å². The highest BCUT2D eigenvalue weighted by atomic mass is 15.3. The van der Waals surface area contributed by atoms with Gasteiger partial charge in [0.05, 0.1) is 11.7 Å². The van der Waals surface area contributed by atoms with Crippen molar-refractivity contribution in [3.8, 4) is 23.4 Å². The van der Waals surface area contributed by atoms with Gasteiger partial charge < -0.3 is 14.7 Å². The first kappa shape index (κ1) is 23.3. The van der Waals surface area contributed by atoms with E-state index in [-0.39, 0.29) is 0 Å². The number of aromatic amines is 1. The minimum Gasteiger partial charge on any atom is -0.369 e. The Kier molecular flexibility index (Phi) is 5.87. The average Bonchev–Trinajstić information content (AvgIpc) is 3.63. The third kappa shape index (κ3) is 4.78. The van der Waals surface area contributed by atoms with Crippen molar-refractivity contribution in [2.75, 3.05) is 43.0 Å². The summed E-state index contributed by atoms with van der Waals surface area (Å²) in [6.07, 6.45) is 5.29. The highest BCUT2D eigenvalue weighted by Crippen LogP contribution is 2.30. The van der Waals surface area contributed by atoms with Crippen LogP contribution in [0.25, 0.3) is 22.4 Å². The molecule has 5 heterocycles. The lowest BCUT2D eigenvalue weighted by atomic mass is 10.1. The molecule has 2 aromatic carbocycles. The highest BCUT2D eigenvalue weighted by molar-refractivity contribution is 5.79. The second kappa shape index (κ2) is 9.82. The van der Waals surface area contributed by atoms with Crippen molar-refractivity contribution in [1.29, 1.82) is 0 Å². The molecule has 9 nitrogen and oxygen atoms in total. The van der Waals surface area contributed by atoms with Crippen molar-refractivity contribution < 1.29 is 0 Å². The Morgan fingerprint density at radius 1 is 0.795 bits per heavy atom. The lowest BCUT2D eigenvalue weighted by Gasteiger charge is -2.34. The van der Waals surface area contributed by atoms with Crippen molar-refractivity contribution >= 4 is 22.5 Å². The summed E-state index contributed by atoms with van der Waals surface area (Å²) in [4.78, 5) is 25.6. The first-order chi connectivity index (χ1) is 19.2. The third-order valence-electron chi connectivity index (χ3n) is 7.37. The molecule has 0 amide bonds. The van der Waals surface area contributed by atoms with Gasteiger partial charge in [0, 0.05) is 68.3 Å². The van der Waals surface area contributed by atoms with Gasteiger partial charge >= 0.3 is 0 Å². The van der Waals surface area contributed by atoms with Gasteiger partial charge in [-0.2, -0.15) is 5.10 Å². The predicted octanol–water partition coefficient (Wildman–Crippen LogP) is 3.48. The normalized spacial score (nSPS) is 15.3. The van der Waals surface area contributed by atoms with Crippen LogP contribution in [-0.4, -0.2) is 68.3 Å². The Labute approximate surface area is 226 Å². The summed E-state index contributed by atoms with van der Waals surface area (Å²) in [5, 5.41) is 8.05. The van der Waals surface area contributed by atoms with E-state index in [1.165, 1.54) is 16.8 Å².